The van der Waals surface area contributed by atoms with E-state index in [-0.39, 0.29) is 0 Å². The number of aliphatic hydroxyl groups is 1. The molecule has 0 aliphatic heterocycles. The third-order valence-corrected chi connectivity index (χ3v) is 2.82. The smallest absolute Gasteiger partial charge is 0.252 e. The van der Waals surface area contributed by atoms with Crippen LogP contribution >= 0.6 is 11.6 Å². The summed E-state index contributed by atoms with van der Waals surface area (Å²) in [6, 6.07) is 6.81. The maximum atomic E-state index is 10.8. The molecule has 88 valence electrons. The molecule has 0 heterocycles. The zero-order valence-electron chi connectivity index (χ0n) is 9.45. The van der Waals surface area contributed by atoms with Crippen molar-refractivity contribution in [1.29, 1.82) is 0 Å². The standard InChI is InChI=1S/C13H17ClO2/c1-2-3-4-5-12(15)10-6-8-11(9-7-10)13(14)16/h6-9,12,15H,2-5H2,1H3. The minimum atomic E-state index is -0.466. The van der Waals surface area contributed by atoms with Gasteiger partial charge < -0.3 is 5.11 Å². The van der Waals surface area contributed by atoms with Gasteiger partial charge in [0.1, 0.15) is 0 Å². The van der Waals surface area contributed by atoms with E-state index in [1.165, 1.54) is 0 Å². The van der Waals surface area contributed by atoms with E-state index in [0.717, 1.165) is 31.2 Å². The van der Waals surface area contributed by atoms with Gasteiger partial charge in [-0.25, -0.2) is 0 Å². The normalized spacial score (nSPS) is 12.4. The van der Waals surface area contributed by atoms with Crippen LogP contribution in [0.25, 0.3) is 0 Å². The van der Waals surface area contributed by atoms with Gasteiger partial charge in [-0.3, -0.25) is 4.79 Å². The minimum absolute atomic E-state index is 0.439. The van der Waals surface area contributed by atoms with Gasteiger partial charge in [0.25, 0.3) is 5.24 Å². The van der Waals surface area contributed by atoms with Gasteiger partial charge in [0.2, 0.25) is 0 Å². The molecule has 0 bridgehead atoms. The first-order valence-corrected chi connectivity index (χ1v) is 6.00. The summed E-state index contributed by atoms with van der Waals surface area (Å²) in [6.07, 6.45) is 3.63. The van der Waals surface area contributed by atoms with Crippen LogP contribution in [0.1, 0.15) is 54.6 Å². The quantitative estimate of drug-likeness (QED) is 0.608. The first-order valence-electron chi connectivity index (χ1n) is 5.63. The van der Waals surface area contributed by atoms with Crippen LogP contribution in [0, 0.1) is 0 Å². The van der Waals surface area contributed by atoms with Crippen molar-refractivity contribution in [3.05, 3.63) is 35.4 Å². The molecule has 1 atom stereocenters. The summed E-state index contributed by atoms with van der Waals surface area (Å²) in [6.45, 7) is 2.13. The third-order valence-electron chi connectivity index (χ3n) is 2.60. The van der Waals surface area contributed by atoms with Crippen molar-refractivity contribution in [1.82, 2.24) is 0 Å². The zero-order valence-corrected chi connectivity index (χ0v) is 10.2. The molecule has 0 saturated heterocycles. The molecular weight excluding hydrogens is 224 g/mol. The summed E-state index contributed by atoms with van der Waals surface area (Å²) in [7, 11) is 0. The highest BCUT2D eigenvalue weighted by atomic mass is 35.5. The Morgan fingerprint density at radius 1 is 1.31 bits per heavy atom. The number of benzene rings is 1. The van der Waals surface area contributed by atoms with Crippen LogP contribution in [0.4, 0.5) is 0 Å². The Morgan fingerprint density at radius 3 is 2.44 bits per heavy atom. The number of aliphatic hydroxyl groups excluding tert-OH is 1. The number of hydrogen-bond acceptors (Lipinski definition) is 2. The van der Waals surface area contributed by atoms with E-state index < -0.39 is 11.3 Å². The van der Waals surface area contributed by atoms with E-state index in [4.69, 9.17) is 11.6 Å². The SMILES string of the molecule is CCCCCC(O)c1ccc(C(=O)Cl)cc1. The van der Waals surface area contributed by atoms with Crippen molar-refractivity contribution < 1.29 is 9.90 Å². The third kappa shape index (κ3) is 3.95. The van der Waals surface area contributed by atoms with Crippen molar-refractivity contribution in [2.75, 3.05) is 0 Å². The number of halogens is 1. The molecular formula is C13H17ClO2. The van der Waals surface area contributed by atoms with Crippen LogP contribution in [0.15, 0.2) is 24.3 Å². The van der Waals surface area contributed by atoms with E-state index in [1.807, 2.05) is 0 Å². The number of carbonyl (C=O) groups excluding carboxylic acids is 1. The molecule has 0 radical (unpaired) electrons. The number of unbranched alkanes of at least 4 members (excludes halogenated alkanes) is 2. The molecule has 1 N–H and O–H groups in total. The summed E-state index contributed by atoms with van der Waals surface area (Å²) >= 11 is 5.34. The molecule has 16 heavy (non-hydrogen) atoms. The predicted molar refractivity (Wildman–Crippen MR) is 65.7 cm³/mol. The van der Waals surface area contributed by atoms with Crippen LogP contribution in [0.2, 0.25) is 0 Å². The zero-order chi connectivity index (χ0) is 12.0. The van der Waals surface area contributed by atoms with Crippen molar-refractivity contribution in [3.63, 3.8) is 0 Å². The highest BCUT2D eigenvalue weighted by molar-refractivity contribution is 6.67. The van der Waals surface area contributed by atoms with Crippen LogP contribution in [-0.2, 0) is 0 Å². The molecule has 1 aromatic rings. The van der Waals surface area contributed by atoms with Crippen molar-refractivity contribution in [2.45, 2.75) is 38.7 Å². The number of hydrogen-bond donors (Lipinski definition) is 1. The molecule has 0 aromatic heterocycles. The minimum Gasteiger partial charge on any atom is -0.388 e. The lowest BCUT2D eigenvalue weighted by molar-refractivity contribution is 0.108. The van der Waals surface area contributed by atoms with Gasteiger partial charge in [0.05, 0.1) is 6.10 Å². The second kappa shape index (κ2) is 6.66. The molecule has 0 spiro atoms. The predicted octanol–water partition coefficient (Wildman–Crippen LogP) is 3.68. The molecule has 0 aliphatic rings. The highest BCUT2D eigenvalue weighted by Crippen LogP contribution is 2.20. The van der Waals surface area contributed by atoms with Crippen LogP contribution in [-0.4, -0.2) is 10.3 Å². The van der Waals surface area contributed by atoms with E-state index in [0.29, 0.717) is 5.56 Å². The van der Waals surface area contributed by atoms with Crippen molar-refractivity contribution >= 4 is 16.8 Å². The number of carbonyl (C=O) groups is 1. The Morgan fingerprint density at radius 2 is 1.94 bits per heavy atom. The van der Waals surface area contributed by atoms with Crippen LogP contribution in [0.5, 0.6) is 0 Å². The van der Waals surface area contributed by atoms with Gasteiger partial charge in [-0.05, 0) is 35.7 Å². The Bertz CT molecular complexity index is 332. The van der Waals surface area contributed by atoms with E-state index >= 15 is 0 Å². The monoisotopic (exact) mass is 240 g/mol. The summed E-state index contributed by atoms with van der Waals surface area (Å²) in [5, 5.41) is 9.39. The Hall–Kier alpha value is -0.860. The second-order valence-corrected chi connectivity index (χ2v) is 4.25. The molecule has 2 nitrogen and oxygen atoms in total. The van der Waals surface area contributed by atoms with Crippen molar-refractivity contribution in [3.8, 4) is 0 Å². The average molecular weight is 241 g/mol. The average Bonchev–Trinajstić information content (AvgIpc) is 2.29. The Balaban J connectivity index is 2.56. The van der Waals surface area contributed by atoms with Crippen LogP contribution in [0.3, 0.4) is 0 Å². The molecule has 0 amide bonds. The molecule has 1 rings (SSSR count). The van der Waals surface area contributed by atoms with Gasteiger partial charge in [0.15, 0.2) is 0 Å². The summed E-state index contributed by atoms with van der Waals surface area (Å²) in [5.41, 5.74) is 1.31. The second-order valence-electron chi connectivity index (χ2n) is 3.91. The molecule has 0 saturated carbocycles. The maximum absolute atomic E-state index is 10.8. The Labute approximate surface area is 101 Å². The van der Waals surface area contributed by atoms with Gasteiger partial charge in [-0.1, -0.05) is 38.3 Å². The number of rotatable bonds is 6. The van der Waals surface area contributed by atoms with Gasteiger partial charge in [-0.15, -0.1) is 0 Å². The van der Waals surface area contributed by atoms with Crippen molar-refractivity contribution in [2.24, 2.45) is 0 Å². The lowest BCUT2D eigenvalue weighted by Gasteiger charge is -2.10. The van der Waals surface area contributed by atoms with Crippen LogP contribution < -0.4 is 0 Å². The molecule has 1 aromatic carbocycles. The first-order chi connectivity index (χ1) is 7.65. The van der Waals surface area contributed by atoms with E-state index in [9.17, 15) is 9.90 Å². The Kier molecular flexibility index (Phi) is 5.50. The largest absolute Gasteiger partial charge is 0.388 e. The molecule has 1 unspecified atom stereocenters. The lowest BCUT2D eigenvalue weighted by atomic mass is 10.0. The van der Waals surface area contributed by atoms with E-state index in [1.54, 1.807) is 24.3 Å². The summed E-state index contributed by atoms with van der Waals surface area (Å²) in [4.78, 5) is 10.8. The maximum Gasteiger partial charge on any atom is 0.252 e. The van der Waals surface area contributed by atoms with Gasteiger partial charge in [0, 0.05) is 5.56 Å². The summed E-state index contributed by atoms with van der Waals surface area (Å²) in [5.74, 6) is 0. The summed E-state index contributed by atoms with van der Waals surface area (Å²) < 4.78 is 0. The fraction of sp³-hybridized carbons (Fsp3) is 0.462. The first kappa shape index (κ1) is 13.2. The lowest BCUT2D eigenvalue weighted by Crippen LogP contribution is -1.98. The fourth-order valence-electron chi connectivity index (χ4n) is 1.59. The fourth-order valence-corrected chi connectivity index (χ4v) is 1.72. The van der Waals surface area contributed by atoms with E-state index in [2.05, 4.69) is 6.92 Å². The molecule has 0 fully saturated rings. The van der Waals surface area contributed by atoms with Gasteiger partial charge in [-0.2, -0.15) is 0 Å². The topological polar surface area (TPSA) is 37.3 Å². The van der Waals surface area contributed by atoms with Gasteiger partial charge >= 0.3 is 0 Å². The highest BCUT2D eigenvalue weighted by Gasteiger charge is 2.08. The molecule has 0 aliphatic carbocycles. The molecule has 3 heteroatoms.